The number of pyridine rings is 1. The summed E-state index contributed by atoms with van der Waals surface area (Å²) in [6.07, 6.45) is 2.19. The van der Waals surface area contributed by atoms with Gasteiger partial charge in [-0.25, -0.2) is 4.57 Å². The van der Waals surface area contributed by atoms with Crippen LogP contribution in [0.4, 0.5) is 0 Å². The highest BCUT2D eigenvalue weighted by Gasteiger charge is 2.41. The van der Waals surface area contributed by atoms with E-state index in [1.807, 2.05) is 0 Å². The van der Waals surface area contributed by atoms with Crippen molar-refractivity contribution in [2.45, 2.75) is 18.8 Å². The van der Waals surface area contributed by atoms with E-state index in [9.17, 15) is 0 Å². The molecule has 1 heteroatoms. The van der Waals surface area contributed by atoms with E-state index in [4.69, 9.17) is 0 Å². The SMILES string of the molecule is Cc1ccccc1-c1cc(-c2ccc3c(c2)C2c4ccccc4C3c3cc(-c4ccccc4)ccc32)cc[n+]1C. The maximum absolute atomic E-state index is 2.47. The third-order valence-corrected chi connectivity index (χ3v) is 9.05. The molecular formula is C39H30N+. The molecule has 0 fully saturated rings. The molecule has 0 radical (unpaired) electrons. The largest absolute Gasteiger partial charge is 0.213 e. The van der Waals surface area contributed by atoms with Gasteiger partial charge in [-0.05, 0) is 86.3 Å². The molecule has 40 heavy (non-hydrogen) atoms. The number of hydrogen-bond acceptors (Lipinski definition) is 0. The van der Waals surface area contributed by atoms with E-state index in [0.29, 0.717) is 0 Å². The Morgan fingerprint density at radius 2 is 0.975 bits per heavy atom. The van der Waals surface area contributed by atoms with Gasteiger partial charge >= 0.3 is 0 Å². The topological polar surface area (TPSA) is 3.88 Å². The minimum absolute atomic E-state index is 0.256. The molecule has 0 N–H and O–H groups in total. The van der Waals surface area contributed by atoms with Crippen LogP contribution in [0.25, 0.3) is 33.5 Å². The van der Waals surface area contributed by atoms with Crippen molar-refractivity contribution >= 4 is 0 Å². The van der Waals surface area contributed by atoms with Gasteiger partial charge in [0.1, 0.15) is 7.05 Å². The third kappa shape index (κ3) is 3.44. The number of hydrogen-bond donors (Lipinski definition) is 0. The quantitative estimate of drug-likeness (QED) is 0.208. The number of benzene rings is 5. The Bertz CT molecular complexity index is 1930. The molecule has 3 aliphatic carbocycles. The van der Waals surface area contributed by atoms with Crippen LogP contribution in [0, 0.1) is 6.92 Å². The maximum Gasteiger partial charge on any atom is 0.213 e. The normalized spacial score (nSPS) is 16.2. The molecule has 0 saturated heterocycles. The van der Waals surface area contributed by atoms with E-state index in [1.165, 1.54) is 72.5 Å². The van der Waals surface area contributed by atoms with Crippen molar-refractivity contribution in [2.24, 2.45) is 7.05 Å². The van der Waals surface area contributed by atoms with E-state index >= 15 is 0 Å². The Balaban J connectivity index is 1.28. The average Bonchev–Trinajstić information content (AvgIpc) is 3.01. The fraction of sp³-hybridized carbons (Fsp3) is 0.103. The van der Waals surface area contributed by atoms with Crippen LogP contribution in [0.2, 0.25) is 0 Å². The predicted octanol–water partition coefficient (Wildman–Crippen LogP) is 8.81. The summed E-state index contributed by atoms with van der Waals surface area (Å²) in [5.74, 6) is 0.520. The standard InChI is InChI=1S/C39H30N/c1-25-10-6-7-13-30(25)37-24-29(20-21-40(37)2)28-17-19-34-36(23-28)39-32-15-9-8-14-31(32)38(34)35-22-27(16-18-33(35)39)26-11-4-3-5-12-26/h3-24,38-39H,1-2H3/q+1. The highest BCUT2D eigenvalue weighted by Crippen LogP contribution is 2.56. The van der Waals surface area contributed by atoms with Gasteiger partial charge in [0, 0.05) is 29.5 Å². The minimum Gasteiger partial charge on any atom is -0.201 e. The second-order valence-electron chi connectivity index (χ2n) is 11.3. The zero-order valence-corrected chi connectivity index (χ0v) is 22.8. The fourth-order valence-electron chi connectivity index (χ4n) is 7.08. The van der Waals surface area contributed by atoms with Gasteiger partial charge in [0.05, 0.1) is 0 Å². The van der Waals surface area contributed by atoms with Crippen molar-refractivity contribution in [3.8, 4) is 33.5 Å². The zero-order valence-electron chi connectivity index (χ0n) is 22.8. The molecule has 0 amide bonds. The van der Waals surface area contributed by atoms with Crippen molar-refractivity contribution < 1.29 is 4.57 Å². The lowest BCUT2D eigenvalue weighted by Crippen LogP contribution is -2.30. The molecular weight excluding hydrogens is 482 g/mol. The molecule has 0 spiro atoms. The van der Waals surface area contributed by atoms with E-state index in [0.717, 1.165) is 0 Å². The molecule has 2 bridgehead atoms. The van der Waals surface area contributed by atoms with Crippen LogP contribution in [-0.4, -0.2) is 0 Å². The Labute approximate surface area is 236 Å². The second-order valence-corrected chi connectivity index (χ2v) is 11.3. The van der Waals surface area contributed by atoms with Crippen LogP contribution in [0.5, 0.6) is 0 Å². The van der Waals surface area contributed by atoms with Gasteiger partial charge in [0.25, 0.3) is 0 Å². The monoisotopic (exact) mass is 512 g/mol. The van der Waals surface area contributed by atoms with Crippen molar-refractivity contribution in [1.82, 2.24) is 0 Å². The Hall–Kier alpha value is -4.75. The van der Waals surface area contributed by atoms with E-state index in [2.05, 4.69) is 152 Å². The second kappa shape index (κ2) is 8.89. The van der Waals surface area contributed by atoms with Crippen LogP contribution in [0.3, 0.4) is 0 Å². The zero-order chi connectivity index (χ0) is 26.8. The number of nitrogens with zero attached hydrogens (tertiary/aromatic N) is 1. The molecule has 0 aliphatic heterocycles. The summed E-state index contributed by atoms with van der Waals surface area (Å²) in [7, 11) is 2.13. The summed E-state index contributed by atoms with van der Waals surface area (Å²) in [6, 6.07) is 47.4. The summed E-state index contributed by atoms with van der Waals surface area (Å²) in [5.41, 5.74) is 17.6. The first-order valence-electron chi connectivity index (χ1n) is 14.2. The summed E-state index contributed by atoms with van der Waals surface area (Å²) in [4.78, 5) is 0. The van der Waals surface area contributed by atoms with Gasteiger partial charge in [-0.15, -0.1) is 0 Å². The summed E-state index contributed by atoms with van der Waals surface area (Å²) < 4.78 is 2.23. The third-order valence-electron chi connectivity index (χ3n) is 9.05. The first-order valence-corrected chi connectivity index (χ1v) is 14.2. The number of aromatic nitrogens is 1. The molecule has 6 aromatic rings. The van der Waals surface area contributed by atoms with Gasteiger partial charge in [0.2, 0.25) is 5.69 Å². The summed E-state index contributed by atoms with van der Waals surface area (Å²) in [5, 5.41) is 0. The van der Waals surface area contributed by atoms with Crippen LogP contribution >= 0.6 is 0 Å². The first kappa shape index (κ1) is 23.2. The molecule has 9 rings (SSSR count). The molecule has 0 saturated carbocycles. The maximum atomic E-state index is 2.47. The fourth-order valence-corrected chi connectivity index (χ4v) is 7.08. The molecule has 2 unspecified atom stereocenters. The minimum atomic E-state index is 0.256. The Morgan fingerprint density at radius 3 is 1.62 bits per heavy atom. The van der Waals surface area contributed by atoms with Crippen molar-refractivity contribution in [3.63, 3.8) is 0 Å². The van der Waals surface area contributed by atoms with Crippen LogP contribution in [0.15, 0.2) is 134 Å². The lowest BCUT2D eigenvalue weighted by Gasteiger charge is -2.42. The van der Waals surface area contributed by atoms with Gasteiger partial charge in [0.15, 0.2) is 6.20 Å². The average molecular weight is 513 g/mol. The van der Waals surface area contributed by atoms with Crippen LogP contribution in [-0.2, 0) is 7.05 Å². The highest BCUT2D eigenvalue weighted by molar-refractivity contribution is 5.77. The summed E-state index contributed by atoms with van der Waals surface area (Å²) in [6.45, 7) is 2.19. The van der Waals surface area contributed by atoms with Crippen LogP contribution in [0.1, 0.15) is 50.8 Å². The van der Waals surface area contributed by atoms with Crippen molar-refractivity contribution in [1.29, 1.82) is 0 Å². The van der Waals surface area contributed by atoms with Gasteiger partial charge in [-0.3, -0.25) is 0 Å². The molecule has 2 atom stereocenters. The van der Waals surface area contributed by atoms with Crippen molar-refractivity contribution in [2.75, 3.05) is 0 Å². The molecule has 1 aromatic heterocycles. The molecule has 1 heterocycles. The molecule has 1 nitrogen and oxygen atoms in total. The molecule has 3 aliphatic rings. The smallest absolute Gasteiger partial charge is 0.201 e. The Morgan fingerprint density at radius 1 is 0.450 bits per heavy atom. The van der Waals surface area contributed by atoms with Gasteiger partial charge in [-0.1, -0.05) is 97.1 Å². The molecule has 190 valence electrons. The lowest BCUT2D eigenvalue weighted by molar-refractivity contribution is -0.660. The molecule has 5 aromatic carbocycles. The first-order chi connectivity index (χ1) is 19.7. The van der Waals surface area contributed by atoms with Crippen LogP contribution < -0.4 is 4.57 Å². The van der Waals surface area contributed by atoms with Gasteiger partial charge < -0.3 is 0 Å². The van der Waals surface area contributed by atoms with E-state index in [-0.39, 0.29) is 11.8 Å². The summed E-state index contributed by atoms with van der Waals surface area (Å²) >= 11 is 0. The number of aryl methyl sites for hydroxylation is 2. The van der Waals surface area contributed by atoms with E-state index in [1.54, 1.807) is 0 Å². The predicted molar refractivity (Wildman–Crippen MR) is 163 cm³/mol. The Kier molecular flexibility index (Phi) is 5.15. The lowest BCUT2D eigenvalue weighted by atomic mass is 9.60. The van der Waals surface area contributed by atoms with Gasteiger partial charge in [-0.2, -0.15) is 0 Å². The number of rotatable bonds is 3. The highest BCUT2D eigenvalue weighted by atomic mass is 14.9. The van der Waals surface area contributed by atoms with Crippen molar-refractivity contribution in [3.05, 3.63) is 173 Å². The van der Waals surface area contributed by atoms with E-state index < -0.39 is 0 Å².